The lowest BCUT2D eigenvalue weighted by atomic mass is 9.94. The van der Waals surface area contributed by atoms with E-state index < -0.39 is 0 Å². The lowest BCUT2D eigenvalue weighted by Gasteiger charge is -2.33. The van der Waals surface area contributed by atoms with Crippen molar-refractivity contribution in [3.8, 4) is 0 Å². The Morgan fingerprint density at radius 1 is 1.33 bits per heavy atom. The first-order valence-corrected chi connectivity index (χ1v) is 7.20. The Morgan fingerprint density at radius 2 is 2.11 bits per heavy atom. The van der Waals surface area contributed by atoms with Gasteiger partial charge in [-0.3, -0.25) is 9.88 Å². The monoisotopic (exact) mass is 247 g/mol. The van der Waals surface area contributed by atoms with Crippen LogP contribution < -0.4 is 5.32 Å². The SMILES string of the molecule is CCN(Cc1cc(NC)ccn1)C1CCCCC1. The Labute approximate surface area is 111 Å². The van der Waals surface area contributed by atoms with Crippen molar-refractivity contribution in [1.82, 2.24) is 9.88 Å². The van der Waals surface area contributed by atoms with Crippen LogP contribution in [0.15, 0.2) is 18.3 Å². The smallest absolute Gasteiger partial charge is 0.0564 e. The third-order valence-electron chi connectivity index (χ3n) is 3.97. The van der Waals surface area contributed by atoms with Crippen LogP contribution in [-0.2, 0) is 6.54 Å². The third kappa shape index (κ3) is 3.45. The number of nitrogens with one attached hydrogen (secondary N) is 1. The Balaban J connectivity index is 1.99. The van der Waals surface area contributed by atoms with Gasteiger partial charge in [-0.05, 0) is 31.5 Å². The molecule has 3 heteroatoms. The molecule has 2 rings (SSSR count). The van der Waals surface area contributed by atoms with Gasteiger partial charge >= 0.3 is 0 Å². The molecule has 0 aromatic carbocycles. The zero-order valence-corrected chi connectivity index (χ0v) is 11.7. The number of pyridine rings is 1. The van der Waals surface area contributed by atoms with Gasteiger partial charge in [0.15, 0.2) is 0 Å². The molecule has 1 aromatic rings. The van der Waals surface area contributed by atoms with Gasteiger partial charge in [0.05, 0.1) is 5.69 Å². The van der Waals surface area contributed by atoms with Crippen molar-refractivity contribution in [3.05, 3.63) is 24.0 Å². The second-order valence-electron chi connectivity index (χ2n) is 5.14. The van der Waals surface area contributed by atoms with Crippen molar-refractivity contribution in [3.63, 3.8) is 0 Å². The Bertz CT molecular complexity index is 359. The van der Waals surface area contributed by atoms with E-state index in [4.69, 9.17) is 0 Å². The highest BCUT2D eigenvalue weighted by Gasteiger charge is 2.20. The average Bonchev–Trinajstić information content (AvgIpc) is 2.46. The molecule has 1 fully saturated rings. The molecule has 18 heavy (non-hydrogen) atoms. The average molecular weight is 247 g/mol. The van der Waals surface area contributed by atoms with Gasteiger partial charge in [-0.2, -0.15) is 0 Å². The second kappa shape index (κ2) is 6.74. The molecule has 0 unspecified atom stereocenters. The summed E-state index contributed by atoms with van der Waals surface area (Å²) < 4.78 is 0. The number of rotatable bonds is 5. The van der Waals surface area contributed by atoms with E-state index in [0.29, 0.717) is 0 Å². The molecule has 1 aliphatic rings. The molecule has 1 aliphatic carbocycles. The molecule has 0 atom stereocenters. The minimum Gasteiger partial charge on any atom is -0.388 e. The maximum Gasteiger partial charge on any atom is 0.0564 e. The van der Waals surface area contributed by atoms with E-state index in [1.807, 2.05) is 19.3 Å². The van der Waals surface area contributed by atoms with Gasteiger partial charge in [-0.1, -0.05) is 26.2 Å². The van der Waals surface area contributed by atoms with Crippen LogP contribution in [0, 0.1) is 0 Å². The molecule has 100 valence electrons. The standard InChI is InChI=1S/C15H25N3/c1-3-18(15-7-5-4-6-8-15)12-14-11-13(16-2)9-10-17-14/h9-11,15H,3-8,12H2,1-2H3,(H,16,17). The lowest BCUT2D eigenvalue weighted by molar-refractivity contribution is 0.154. The predicted octanol–water partition coefficient (Wildman–Crippen LogP) is 3.28. The van der Waals surface area contributed by atoms with Crippen molar-refractivity contribution in [2.45, 2.75) is 51.6 Å². The van der Waals surface area contributed by atoms with E-state index in [0.717, 1.165) is 24.8 Å². The fourth-order valence-electron chi connectivity index (χ4n) is 2.87. The lowest BCUT2D eigenvalue weighted by Crippen LogP contribution is -2.36. The molecule has 0 radical (unpaired) electrons. The van der Waals surface area contributed by atoms with Gasteiger partial charge < -0.3 is 5.32 Å². The van der Waals surface area contributed by atoms with Gasteiger partial charge in [0, 0.05) is 31.5 Å². The highest BCUT2D eigenvalue weighted by atomic mass is 15.2. The summed E-state index contributed by atoms with van der Waals surface area (Å²) in [6.07, 6.45) is 8.83. The Morgan fingerprint density at radius 3 is 2.78 bits per heavy atom. The van der Waals surface area contributed by atoms with Crippen LogP contribution in [0.5, 0.6) is 0 Å². The van der Waals surface area contributed by atoms with Crippen molar-refractivity contribution >= 4 is 5.69 Å². The summed E-state index contributed by atoms with van der Waals surface area (Å²) in [6.45, 7) is 4.36. The van der Waals surface area contributed by atoms with E-state index in [-0.39, 0.29) is 0 Å². The first-order chi connectivity index (χ1) is 8.83. The van der Waals surface area contributed by atoms with E-state index in [1.165, 1.54) is 37.8 Å². The largest absolute Gasteiger partial charge is 0.388 e. The minimum absolute atomic E-state index is 0.767. The quantitative estimate of drug-likeness (QED) is 0.865. The fraction of sp³-hybridized carbons (Fsp3) is 0.667. The molecular formula is C15H25N3. The zero-order valence-electron chi connectivity index (χ0n) is 11.7. The molecule has 3 nitrogen and oxygen atoms in total. The number of hydrogen-bond acceptors (Lipinski definition) is 3. The molecule has 1 aromatic heterocycles. The first kappa shape index (κ1) is 13.3. The van der Waals surface area contributed by atoms with Crippen LogP contribution in [0.3, 0.4) is 0 Å². The summed E-state index contributed by atoms with van der Waals surface area (Å²) >= 11 is 0. The molecule has 1 saturated carbocycles. The maximum atomic E-state index is 4.49. The number of anilines is 1. The van der Waals surface area contributed by atoms with Crippen LogP contribution in [0.25, 0.3) is 0 Å². The molecule has 0 aliphatic heterocycles. The van der Waals surface area contributed by atoms with Crippen LogP contribution >= 0.6 is 0 Å². The molecule has 1 N–H and O–H groups in total. The third-order valence-corrected chi connectivity index (χ3v) is 3.97. The molecule has 1 heterocycles. The van der Waals surface area contributed by atoms with Gasteiger partial charge in [0.1, 0.15) is 0 Å². The predicted molar refractivity (Wildman–Crippen MR) is 76.7 cm³/mol. The van der Waals surface area contributed by atoms with E-state index in [2.05, 4.69) is 28.2 Å². The van der Waals surface area contributed by atoms with Crippen LogP contribution in [0.2, 0.25) is 0 Å². The Hall–Kier alpha value is -1.09. The molecule has 0 spiro atoms. The van der Waals surface area contributed by atoms with Crippen LogP contribution in [-0.4, -0.2) is 29.5 Å². The normalized spacial score (nSPS) is 17.1. The van der Waals surface area contributed by atoms with E-state index in [9.17, 15) is 0 Å². The maximum absolute atomic E-state index is 4.49. The summed E-state index contributed by atoms with van der Waals surface area (Å²) in [5.74, 6) is 0. The number of hydrogen-bond donors (Lipinski definition) is 1. The minimum atomic E-state index is 0.767. The topological polar surface area (TPSA) is 28.2 Å². The Kier molecular flexibility index (Phi) is 5.00. The van der Waals surface area contributed by atoms with Gasteiger partial charge in [0.25, 0.3) is 0 Å². The van der Waals surface area contributed by atoms with Crippen molar-refractivity contribution < 1.29 is 0 Å². The number of aromatic nitrogens is 1. The second-order valence-corrected chi connectivity index (χ2v) is 5.14. The van der Waals surface area contributed by atoms with Crippen LogP contribution in [0.1, 0.15) is 44.7 Å². The van der Waals surface area contributed by atoms with Crippen molar-refractivity contribution in [1.29, 1.82) is 0 Å². The van der Waals surface area contributed by atoms with E-state index in [1.54, 1.807) is 0 Å². The molecule has 0 bridgehead atoms. The van der Waals surface area contributed by atoms with Crippen molar-refractivity contribution in [2.24, 2.45) is 0 Å². The zero-order chi connectivity index (χ0) is 12.8. The number of nitrogens with zero attached hydrogens (tertiary/aromatic N) is 2. The van der Waals surface area contributed by atoms with Gasteiger partial charge in [-0.15, -0.1) is 0 Å². The summed E-state index contributed by atoms with van der Waals surface area (Å²) in [4.78, 5) is 7.07. The van der Waals surface area contributed by atoms with Gasteiger partial charge in [-0.25, -0.2) is 0 Å². The molecule has 0 amide bonds. The van der Waals surface area contributed by atoms with Gasteiger partial charge in [0.2, 0.25) is 0 Å². The summed E-state index contributed by atoms with van der Waals surface area (Å²) in [5.41, 5.74) is 2.33. The van der Waals surface area contributed by atoms with E-state index >= 15 is 0 Å². The summed E-state index contributed by atoms with van der Waals surface area (Å²) in [6, 6.07) is 4.94. The molecule has 0 saturated heterocycles. The summed E-state index contributed by atoms with van der Waals surface area (Å²) in [5, 5.41) is 3.18. The van der Waals surface area contributed by atoms with Crippen molar-refractivity contribution in [2.75, 3.05) is 18.9 Å². The summed E-state index contributed by atoms with van der Waals surface area (Å²) in [7, 11) is 1.96. The fourth-order valence-corrected chi connectivity index (χ4v) is 2.87. The first-order valence-electron chi connectivity index (χ1n) is 7.20. The highest BCUT2D eigenvalue weighted by Crippen LogP contribution is 2.23. The highest BCUT2D eigenvalue weighted by molar-refractivity contribution is 5.42. The molecular weight excluding hydrogens is 222 g/mol. The van der Waals surface area contributed by atoms with Crippen LogP contribution in [0.4, 0.5) is 5.69 Å².